The zero-order valence-electron chi connectivity index (χ0n) is 14.9. The van der Waals surface area contributed by atoms with E-state index in [4.69, 9.17) is 0 Å². The molecule has 0 unspecified atom stereocenters. The number of pyridine rings is 1. The van der Waals surface area contributed by atoms with Crippen molar-refractivity contribution < 1.29 is 13.2 Å². The number of nitrogens with zero attached hydrogens (tertiary/aromatic N) is 4. The van der Waals surface area contributed by atoms with Crippen molar-refractivity contribution in [3.63, 3.8) is 0 Å². The fourth-order valence-electron chi connectivity index (χ4n) is 2.91. The summed E-state index contributed by atoms with van der Waals surface area (Å²) in [6, 6.07) is 3.64. The largest absolute Gasteiger partial charge is 0.336 e. The van der Waals surface area contributed by atoms with Crippen LogP contribution in [0, 0.1) is 12.8 Å². The maximum absolute atomic E-state index is 12.7. The number of carbonyl (C=O) groups excluding carboxylic acids is 1. The zero-order valence-corrected chi connectivity index (χ0v) is 15.7. The number of aromatic nitrogens is 3. The molecule has 0 aliphatic carbocycles. The summed E-state index contributed by atoms with van der Waals surface area (Å²) >= 11 is 0. The summed E-state index contributed by atoms with van der Waals surface area (Å²) in [5, 5.41) is 2.86. The first kappa shape index (κ1) is 18.5. The predicted molar refractivity (Wildman–Crippen MR) is 97.0 cm³/mol. The average molecular weight is 377 g/mol. The number of amides is 1. The van der Waals surface area contributed by atoms with E-state index in [0.29, 0.717) is 38.3 Å². The highest BCUT2D eigenvalue weighted by atomic mass is 32.2. The van der Waals surface area contributed by atoms with Crippen molar-refractivity contribution in [2.45, 2.75) is 38.3 Å². The third kappa shape index (κ3) is 3.94. The molecule has 1 amide bonds. The number of hydrogen-bond acceptors (Lipinski definition) is 5. The van der Waals surface area contributed by atoms with Gasteiger partial charge in [0.25, 0.3) is 10.0 Å². The predicted octanol–water partition coefficient (Wildman–Crippen LogP) is 1.65. The number of piperidine rings is 1. The molecule has 26 heavy (non-hydrogen) atoms. The number of aryl methyl sites for hydroxylation is 2. The lowest BCUT2D eigenvalue weighted by atomic mass is 9.97. The van der Waals surface area contributed by atoms with Crippen LogP contribution in [0.25, 0.3) is 0 Å². The van der Waals surface area contributed by atoms with Gasteiger partial charge in [-0.05, 0) is 38.3 Å². The lowest BCUT2D eigenvalue weighted by molar-refractivity contribution is -0.120. The summed E-state index contributed by atoms with van der Waals surface area (Å²) in [7, 11) is -3.61. The first-order valence-electron chi connectivity index (χ1n) is 8.65. The van der Waals surface area contributed by atoms with Crippen LogP contribution in [0.15, 0.2) is 35.9 Å². The maximum Gasteiger partial charge on any atom is 0.262 e. The van der Waals surface area contributed by atoms with Crippen LogP contribution in [0.2, 0.25) is 0 Å². The van der Waals surface area contributed by atoms with Gasteiger partial charge >= 0.3 is 0 Å². The van der Waals surface area contributed by atoms with E-state index >= 15 is 0 Å². The van der Waals surface area contributed by atoms with Crippen molar-refractivity contribution in [3.05, 3.63) is 36.4 Å². The first-order chi connectivity index (χ1) is 12.4. The molecule has 1 N–H and O–H groups in total. The maximum atomic E-state index is 12.7. The van der Waals surface area contributed by atoms with Crippen molar-refractivity contribution >= 4 is 21.7 Å². The number of imidazole rings is 1. The molecule has 3 heterocycles. The van der Waals surface area contributed by atoms with E-state index < -0.39 is 10.0 Å². The SMILES string of the molecule is CCn1cnc(S(=O)(=O)N2CCC(C(=O)Nc3ccc(C)cn3)CC2)c1. The lowest BCUT2D eigenvalue weighted by Crippen LogP contribution is -2.41. The molecule has 8 nitrogen and oxygen atoms in total. The highest BCUT2D eigenvalue weighted by Gasteiger charge is 2.33. The molecule has 1 aliphatic heterocycles. The van der Waals surface area contributed by atoms with Crippen LogP contribution in [0.5, 0.6) is 0 Å². The Morgan fingerprint density at radius 3 is 2.58 bits per heavy atom. The Morgan fingerprint density at radius 1 is 1.27 bits per heavy atom. The van der Waals surface area contributed by atoms with Crippen molar-refractivity contribution in [2.75, 3.05) is 18.4 Å². The van der Waals surface area contributed by atoms with Gasteiger partial charge in [-0.2, -0.15) is 4.31 Å². The Morgan fingerprint density at radius 2 is 2.00 bits per heavy atom. The van der Waals surface area contributed by atoms with Gasteiger partial charge < -0.3 is 9.88 Å². The van der Waals surface area contributed by atoms with Gasteiger partial charge in [0.1, 0.15) is 5.82 Å². The van der Waals surface area contributed by atoms with Crippen LogP contribution in [0.3, 0.4) is 0 Å². The van der Waals surface area contributed by atoms with Crippen molar-refractivity contribution in [1.82, 2.24) is 18.8 Å². The Bertz CT molecular complexity index is 868. The van der Waals surface area contributed by atoms with Crippen LogP contribution in [0.4, 0.5) is 5.82 Å². The molecule has 0 atom stereocenters. The van der Waals surface area contributed by atoms with E-state index in [-0.39, 0.29) is 16.9 Å². The fraction of sp³-hybridized carbons (Fsp3) is 0.471. The zero-order chi connectivity index (χ0) is 18.7. The van der Waals surface area contributed by atoms with Crippen LogP contribution >= 0.6 is 0 Å². The van der Waals surface area contributed by atoms with E-state index in [1.807, 2.05) is 19.9 Å². The third-order valence-electron chi connectivity index (χ3n) is 4.57. The van der Waals surface area contributed by atoms with E-state index in [1.165, 1.54) is 16.8 Å². The van der Waals surface area contributed by atoms with E-state index in [2.05, 4.69) is 15.3 Å². The normalized spacial score (nSPS) is 16.5. The number of carbonyl (C=O) groups is 1. The smallest absolute Gasteiger partial charge is 0.262 e. The monoisotopic (exact) mass is 377 g/mol. The van der Waals surface area contributed by atoms with Crippen molar-refractivity contribution in [2.24, 2.45) is 5.92 Å². The number of nitrogens with one attached hydrogen (secondary N) is 1. The second-order valence-electron chi connectivity index (χ2n) is 6.43. The Labute approximate surface area is 153 Å². The van der Waals surface area contributed by atoms with Crippen LogP contribution in [0.1, 0.15) is 25.3 Å². The number of anilines is 1. The van der Waals surface area contributed by atoms with Crippen molar-refractivity contribution in [1.29, 1.82) is 0 Å². The summed E-state index contributed by atoms with van der Waals surface area (Å²) in [6.07, 6.45) is 5.70. The lowest BCUT2D eigenvalue weighted by Gasteiger charge is -2.29. The summed E-state index contributed by atoms with van der Waals surface area (Å²) < 4.78 is 28.4. The molecular formula is C17H23N5O3S. The Balaban J connectivity index is 1.59. The molecule has 0 bridgehead atoms. The third-order valence-corrected chi connectivity index (χ3v) is 6.35. The van der Waals surface area contributed by atoms with Gasteiger partial charge in [-0.15, -0.1) is 0 Å². The molecule has 1 fully saturated rings. The summed E-state index contributed by atoms with van der Waals surface area (Å²) in [4.78, 5) is 20.6. The molecule has 0 radical (unpaired) electrons. The molecule has 9 heteroatoms. The molecule has 3 rings (SSSR count). The highest BCUT2D eigenvalue weighted by molar-refractivity contribution is 7.89. The second-order valence-corrected chi connectivity index (χ2v) is 8.32. The molecule has 0 aromatic carbocycles. The quantitative estimate of drug-likeness (QED) is 0.854. The molecule has 0 saturated carbocycles. The molecule has 1 aliphatic rings. The Hall–Kier alpha value is -2.26. The topological polar surface area (TPSA) is 97.2 Å². The number of sulfonamides is 1. The minimum atomic E-state index is -3.61. The van der Waals surface area contributed by atoms with Gasteiger partial charge in [0, 0.05) is 37.9 Å². The van der Waals surface area contributed by atoms with Gasteiger partial charge in [-0.3, -0.25) is 4.79 Å². The molecule has 0 spiro atoms. The number of hydrogen-bond donors (Lipinski definition) is 1. The minimum Gasteiger partial charge on any atom is -0.336 e. The van der Waals surface area contributed by atoms with E-state index in [1.54, 1.807) is 16.8 Å². The molecule has 1 saturated heterocycles. The van der Waals surface area contributed by atoms with Gasteiger partial charge in [0.2, 0.25) is 5.91 Å². The standard InChI is InChI=1S/C17H23N5O3S/c1-3-21-11-16(19-12-21)26(24,25)22-8-6-14(7-9-22)17(23)20-15-5-4-13(2)10-18-15/h4-5,10-12,14H,3,6-9H2,1-2H3,(H,18,20,23). The highest BCUT2D eigenvalue weighted by Crippen LogP contribution is 2.24. The molecular weight excluding hydrogens is 354 g/mol. The number of rotatable bonds is 5. The van der Waals surface area contributed by atoms with Gasteiger partial charge in [-0.25, -0.2) is 18.4 Å². The summed E-state index contributed by atoms with van der Waals surface area (Å²) in [5.41, 5.74) is 1.02. The fourth-order valence-corrected chi connectivity index (χ4v) is 4.31. The molecule has 2 aromatic rings. The van der Waals surface area contributed by atoms with Gasteiger partial charge in [-0.1, -0.05) is 6.07 Å². The summed E-state index contributed by atoms with van der Waals surface area (Å²) in [5.74, 6) is 0.173. The Kier molecular flexibility index (Phi) is 5.38. The summed E-state index contributed by atoms with van der Waals surface area (Å²) in [6.45, 7) is 5.13. The van der Waals surface area contributed by atoms with E-state index in [0.717, 1.165) is 5.56 Å². The molecule has 140 valence electrons. The van der Waals surface area contributed by atoms with Crippen molar-refractivity contribution in [3.8, 4) is 0 Å². The minimum absolute atomic E-state index is 0.0612. The van der Waals surface area contributed by atoms with Gasteiger partial charge in [0.05, 0.1) is 6.33 Å². The average Bonchev–Trinajstić information content (AvgIpc) is 3.14. The van der Waals surface area contributed by atoms with Crippen LogP contribution in [-0.2, 0) is 21.4 Å². The first-order valence-corrected chi connectivity index (χ1v) is 10.1. The molecule has 2 aromatic heterocycles. The van der Waals surface area contributed by atoms with Crippen LogP contribution < -0.4 is 5.32 Å². The second kappa shape index (κ2) is 7.55. The van der Waals surface area contributed by atoms with Gasteiger partial charge in [0.15, 0.2) is 5.03 Å². The van der Waals surface area contributed by atoms with E-state index in [9.17, 15) is 13.2 Å². The van der Waals surface area contributed by atoms with Crippen LogP contribution in [-0.4, -0.2) is 46.3 Å².